The molecule has 2 aromatic rings. The number of Topliss-reactive ketones (excluding diaryl/α,β-unsaturated/α-hetero) is 1. The van der Waals surface area contributed by atoms with Crippen molar-refractivity contribution < 1.29 is 52.5 Å². The highest BCUT2D eigenvalue weighted by Gasteiger charge is 2.81. The van der Waals surface area contributed by atoms with Gasteiger partial charge in [-0.3, -0.25) is 24.1 Å². The first-order valence-corrected chi connectivity index (χ1v) is 21.8. The highest BCUT2D eigenvalue weighted by molar-refractivity contribution is 6.73. The fourth-order valence-corrected chi connectivity index (χ4v) is 13.2. The number of ether oxygens (including phenoxy) is 4. The Balaban J connectivity index is 1.44. The van der Waals surface area contributed by atoms with Crippen LogP contribution in [-0.4, -0.2) is 96.8 Å². The Morgan fingerprint density at radius 2 is 1.49 bits per heavy atom. The van der Waals surface area contributed by atoms with E-state index in [1.54, 1.807) is 82.3 Å². The van der Waals surface area contributed by atoms with E-state index >= 15 is 4.79 Å². The van der Waals surface area contributed by atoms with Crippen LogP contribution in [0.2, 0.25) is 18.1 Å². The number of ketones is 1. The van der Waals surface area contributed by atoms with Gasteiger partial charge in [0.15, 0.2) is 25.8 Å². The Morgan fingerprint density at radius 1 is 0.909 bits per heavy atom. The van der Waals surface area contributed by atoms with Crippen LogP contribution in [0.4, 0.5) is 0 Å². The predicted molar refractivity (Wildman–Crippen MR) is 201 cm³/mol. The molecule has 2 bridgehead atoms. The smallest absolute Gasteiger partial charge is 0.338 e. The van der Waals surface area contributed by atoms with E-state index in [4.69, 9.17) is 23.4 Å². The van der Waals surface area contributed by atoms with E-state index in [9.17, 15) is 24.3 Å². The van der Waals surface area contributed by atoms with Gasteiger partial charge in [0.05, 0.1) is 47.3 Å². The van der Waals surface area contributed by atoms with E-state index in [0.29, 0.717) is 11.1 Å². The van der Waals surface area contributed by atoms with Gasteiger partial charge in [0.2, 0.25) is 5.79 Å². The summed E-state index contributed by atoms with van der Waals surface area (Å²) in [5, 5.41) is 13.3. The van der Waals surface area contributed by atoms with E-state index in [-0.39, 0.29) is 36.3 Å². The summed E-state index contributed by atoms with van der Waals surface area (Å²) in [6.07, 6.45) is -4.31. The van der Waals surface area contributed by atoms with Gasteiger partial charge < -0.3 is 28.5 Å². The summed E-state index contributed by atoms with van der Waals surface area (Å²) in [5.41, 5.74) is -2.90. The number of carbonyl (C=O) groups excluding carboxylic acids is 5. The number of carbonyl (C=O) groups is 5. The highest BCUT2D eigenvalue weighted by atomic mass is 28.4. The number of imide groups is 1. The van der Waals surface area contributed by atoms with Crippen molar-refractivity contribution in [3.63, 3.8) is 0 Å². The van der Waals surface area contributed by atoms with Crippen molar-refractivity contribution in [3.8, 4) is 0 Å². The number of hydrogen-bond acceptors (Lipinski definition) is 11. The van der Waals surface area contributed by atoms with Gasteiger partial charge in [-0.1, -0.05) is 70.5 Å². The molecule has 55 heavy (non-hydrogen) atoms. The van der Waals surface area contributed by atoms with Crippen LogP contribution in [0.3, 0.4) is 0 Å². The predicted octanol–water partition coefficient (Wildman–Crippen LogP) is 5.64. The van der Waals surface area contributed by atoms with Gasteiger partial charge in [-0.25, -0.2) is 4.79 Å². The normalized spacial score (nSPS) is 34.2. The van der Waals surface area contributed by atoms with Crippen LogP contribution in [-0.2, 0) is 33.0 Å². The molecule has 2 amide bonds. The summed E-state index contributed by atoms with van der Waals surface area (Å²) < 4.78 is 32.7. The van der Waals surface area contributed by atoms with Crippen molar-refractivity contribution in [1.29, 1.82) is 0 Å². The molecule has 3 saturated heterocycles. The molecule has 0 spiro atoms. The lowest BCUT2D eigenvalue weighted by Crippen LogP contribution is -2.80. The molecule has 4 heterocycles. The average Bonchev–Trinajstić information content (AvgIpc) is 3.50. The molecule has 5 aliphatic rings. The number of fused-ring (bicyclic) bond motifs is 6. The van der Waals surface area contributed by atoms with Crippen LogP contribution in [0.15, 0.2) is 65.7 Å². The number of esters is 2. The van der Waals surface area contributed by atoms with Crippen LogP contribution >= 0.6 is 0 Å². The first-order valence-electron chi connectivity index (χ1n) is 19.3. The van der Waals surface area contributed by atoms with Gasteiger partial charge in [-0.05, 0) is 61.8 Å². The maximum Gasteiger partial charge on any atom is 0.338 e. The van der Waals surface area contributed by atoms with Crippen molar-refractivity contribution in [2.45, 2.75) is 116 Å². The minimum atomic E-state index is -2.46. The fourth-order valence-electron chi connectivity index (χ4n) is 10.2. The summed E-state index contributed by atoms with van der Waals surface area (Å²) >= 11 is 0. The molecule has 8 atom stereocenters. The molecule has 1 N–H and O–H groups in total. The lowest BCUT2D eigenvalue weighted by molar-refractivity contribution is -0.355. The minimum absolute atomic E-state index is 0.0998. The monoisotopic (exact) mass is 773 g/mol. The number of nitrogens with zero attached hydrogens (tertiary/aromatic N) is 1. The van der Waals surface area contributed by atoms with Gasteiger partial charge in [0, 0.05) is 18.8 Å². The Bertz CT molecular complexity index is 1930. The van der Waals surface area contributed by atoms with Gasteiger partial charge >= 0.3 is 11.9 Å². The van der Waals surface area contributed by atoms with Gasteiger partial charge in [-0.15, -0.1) is 0 Å². The maximum atomic E-state index is 15.8. The molecule has 4 aliphatic heterocycles. The van der Waals surface area contributed by atoms with Crippen molar-refractivity contribution in [3.05, 3.63) is 82.4 Å². The number of amides is 2. The average molecular weight is 774 g/mol. The van der Waals surface area contributed by atoms with Crippen LogP contribution in [0.5, 0.6) is 0 Å². The molecular formula is C42H51NO11Si. The van der Waals surface area contributed by atoms with Crippen LogP contribution in [0.25, 0.3) is 0 Å². The molecule has 294 valence electrons. The van der Waals surface area contributed by atoms with E-state index in [1.807, 2.05) is 0 Å². The quantitative estimate of drug-likeness (QED) is 0.138. The summed E-state index contributed by atoms with van der Waals surface area (Å²) in [4.78, 5) is 71.2. The molecule has 1 saturated carbocycles. The molecule has 2 aromatic carbocycles. The lowest BCUT2D eigenvalue weighted by atomic mass is 9.49. The Kier molecular flexibility index (Phi) is 9.69. The van der Waals surface area contributed by atoms with Crippen LogP contribution < -0.4 is 0 Å². The van der Waals surface area contributed by atoms with Gasteiger partial charge in [0.25, 0.3) is 11.8 Å². The summed E-state index contributed by atoms with van der Waals surface area (Å²) in [5.74, 6) is -6.33. The standard InChI is InChI=1S/C42H51NO11Si/c1-9-55(10-2,11-3)54-29-21-30-41(23-50-30,52-25(5)44)33-35(51-38(48)26-17-13-12-14-18-26)42(49)39(6,7)31(32(53-42)34(45)40(29,33)8)24(4)22-43-36(46)27-19-15-16-20-28(27)37(43)47/h12-20,29-30,32-33,35,49H,9-11,21-23H2,1-8H3/b31-24-/t29-,30+,32+,33?,35?,40+,41-,42+/m0/s1. The van der Waals surface area contributed by atoms with E-state index < -0.39 is 90.4 Å². The largest absolute Gasteiger partial charge is 0.453 e. The van der Waals surface area contributed by atoms with Crippen molar-refractivity contribution in [2.24, 2.45) is 16.7 Å². The number of benzene rings is 2. The van der Waals surface area contributed by atoms with Gasteiger partial charge in [0.1, 0.15) is 12.2 Å². The molecule has 12 nitrogen and oxygen atoms in total. The zero-order valence-corrected chi connectivity index (χ0v) is 33.8. The van der Waals surface area contributed by atoms with Crippen molar-refractivity contribution in [1.82, 2.24) is 4.90 Å². The zero-order valence-electron chi connectivity index (χ0n) is 32.8. The summed E-state index contributed by atoms with van der Waals surface area (Å²) in [6.45, 7) is 14.1. The topological polar surface area (TPSA) is 155 Å². The fraction of sp³-hybridized carbons (Fsp3) is 0.548. The third kappa shape index (κ3) is 5.55. The first-order chi connectivity index (χ1) is 26.0. The van der Waals surface area contributed by atoms with Crippen LogP contribution in [0, 0.1) is 16.7 Å². The minimum Gasteiger partial charge on any atom is -0.453 e. The van der Waals surface area contributed by atoms with Crippen LogP contribution in [0.1, 0.15) is 92.9 Å². The Morgan fingerprint density at radius 3 is 2.02 bits per heavy atom. The molecule has 2 unspecified atom stereocenters. The van der Waals surface area contributed by atoms with E-state index in [1.165, 1.54) is 6.92 Å². The number of hydrogen-bond donors (Lipinski definition) is 1. The molecule has 0 aromatic heterocycles. The first kappa shape index (κ1) is 39.2. The lowest BCUT2D eigenvalue weighted by Gasteiger charge is -2.65. The second kappa shape index (κ2) is 13.6. The Hall–Kier alpha value is -4.01. The summed E-state index contributed by atoms with van der Waals surface area (Å²) in [6, 6.07) is 17.2. The Labute approximate surface area is 322 Å². The van der Waals surface area contributed by atoms with Crippen molar-refractivity contribution in [2.75, 3.05) is 13.2 Å². The van der Waals surface area contributed by atoms with Gasteiger partial charge in [-0.2, -0.15) is 0 Å². The summed E-state index contributed by atoms with van der Waals surface area (Å²) in [7, 11) is -2.46. The SMILES string of the molecule is CC[Si](CC)(CC)O[C@H]1C[C@H]2OC[C@@]2(OC(C)=O)C2C(OC(=O)c3ccccc3)[C@@]3(O)O[C@@H](C(=O)[C@@]21C)/C(=C(\C)CN1C(=O)c2ccccc2C1=O)C3(C)C. The van der Waals surface area contributed by atoms with E-state index in [2.05, 4.69) is 20.8 Å². The number of aliphatic hydroxyl groups is 1. The third-order valence-corrected chi connectivity index (χ3v) is 18.2. The third-order valence-electron chi connectivity index (χ3n) is 13.5. The maximum absolute atomic E-state index is 15.8. The molecule has 7 rings (SSSR count). The molecule has 1 aliphatic carbocycles. The van der Waals surface area contributed by atoms with Crippen molar-refractivity contribution >= 4 is 37.9 Å². The highest BCUT2D eigenvalue weighted by Crippen LogP contribution is 2.66. The van der Waals surface area contributed by atoms with E-state index in [0.717, 1.165) is 23.0 Å². The zero-order chi connectivity index (χ0) is 39.9. The molecule has 0 radical (unpaired) electrons. The number of rotatable bonds is 10. The second-order valence-corrected chi connectivity index (χ2v) is 21.2. The molecule has 4 fully saturated rings. The molecule has 13 heteroatoms. The second-order valence-electron chi connectivity index (χ2n) is 16.5. The molecular weight excluding hydrogens is 723 g/mol.